The molecule has 0 saturated carbocycles. The van der Waals surface area contributed by atoms with Crippen molar-refractivity contribution in [3.8, 4) is 16.5 Å². The zero-order chi connectivity index (χ0) is 22.4. The van der Waals surface area contributed by atoms with E-state index in [1.165, 1.54) is 21.0 Å². The Hall–Kier alpha value is -2.97. The van der Waals surface area contributed by atoms with Gasteiger partial charge >= 0.3 is 6.03 Å². The number of methoxy groups -OCH3 is 2. The van der Waals surface area contributed by atoms with E-state index in [0.29, 0.717) is 23.7 Å². The maximum Gasteiger partial charge on any atom is 0.322 e. The maximum absolute atomic E-state index is 13.5. The topological polar surface area (TPSA) is 59.0 Å². The van der Waals surface area contributed by atoms with E-state index < -0.39 is 0 Å². The quantitative estimate of drug-likeness (QED) is 0.628. The first-order valence-corrected chi connectivity index (χ1v) is 11.6. The Morgan fingerprint density at radius 2 is 1.94 bits per heavy atom. The molecule has 0 saturated heterocycles. The van der Waals surface area contributed by atoms with Gasteiger partial charge in [-0.3, -0.25) is 0 Å². The molecule has 0 bridgehead atoms. The minimum Gasteiger partial charge on any atom is -0.493 e. The number of thiophene rings is 1. The molecule has 168 valence electrons. The van der Waals surface area contributed by atoms with Crippen molar-refractivity contribution in [2.24, 2.45) is 0 Å². The van der Waals surface area contributed by atoms with Crippen LogP contribution in [0.2, 0.25) is 0 Å². The molecule has 8 heteroatoms. The third-order valence-electron chi connectivity index (χ3n) is 6.45. The van der Waals surface area contributed by atoms with E-state index in [0.717, 1.165) is 25.2 Å². The minimum absolute atomic E-state index is 0.0633. The molecule has 1 N–H and O–H groups in total. The second kappa shape index (κ2) is 8.18. The van der Waals surface area contributed by atoms with Crippen LogP contribution < -0.4 is 14.8 Å². The molecular formula is C24H28N4O3S. The average Bonchev–Trinajstić information content (AvgIpc) is 3.38. The summed E-state index contributed by atoms with van der Waals surface area (Å²) in [6.45, 7) is 4.70. The number of anilines is 1. The van der Waals surface area contributed by atoms with Crippen LogP contribution in [0, 0.1) is 0 Å². The molecule has 0 aliphatic carbocycles. The number of amides is 2. The number of carbonyl (C=O) groups is 1. The second-order valence-corrected chi connectivity index (χ2v) is 9.47. The molecule has 0 fully saturated rings. The minimum atomic E-state index is -0.127. The standard InChI is InChI=1S/C24H28N4O3S/c1-15-19-6-5-10-27(19)23-18(17-9-11-26(2)14-22(17)32-23)13-28(15)24(29)25-16-7-8-20(30-3)21(12-16)31-4/h5-8,10,12,15H,9,11,13-14H2,1-4H3,(H,25,29). The molecule has 2 aliphatic rings. The van der Waals surface area contributed by atoms with Gasteiger partial charge < -0.3 is 29.2 Å². The monoisotopic (exact) mass is 452 g/mol. The molecule has 0 spiro atoms. The Kier molecular flexibility index (Phi) is 5.35. The summed E-state index contributed by atoms with van der Waals surface area (Å²) in [5, 5.41) is 4.31. The summed E-state index contributed by atoms with van der Waals surface area (Å²) < 4.78 is 13.0. The highest BCUT2D eigenvalue weighted by molar-refractivity contribution is 7.15. The van der Waals surface area contributed by atoms with Crippen molar-refractivity contribution in [3.63, 3.8) is 0 Å². The fourth-order valence-electron chi connectivity index (χ4n) is 4.68. The Morgan fingerprint density at radius 1 is 1.12 bits per heavy atom. The van der Waals surface area contributed by atoms with E-state index in [2.05, 4.69) is 47.1 Å². The van der Waals surface area contributed by atoms with Gasteiger partial charge in [-0.15, -0.1) is 11.3 Å². The maximum atomic E-state index is 13.5. The van der Waals surface area contributed by atoms with E-state index >= 15 is 0 Å². The Bertz CT molecular complexity index is 1170. The summed E-state index contributed by atoms with van der Waals surface area (Å²) in [5.41, 5.74) is 4.50. The number of benzene rings is 1. The smallest absolute Gasteiger partial charge is 0.322 e. The molecule has 7 nitrogen and oxygen atoms in total. The highest BCUT2D eigenvalue weighted by atomic mass is 32.1. The fourth-order valence-corrected chi connectivity index (χ4v) is 6.13. The zero-order valence-electron chi connectivity index (χ0n) is 18.8. The molecule has 32 heavy (non-hydrogen) atoms. The molecule has 2 aromatic heterocycles. The van der Waals surface area contributed by atoms with Gasteiger partial charge in [0.25, 0.3) is 0 Å². The molecule has 1 aromatic carbocycles. The third-order valence-corrected chi connectivity index (χ3v) is 7.71. The first kappa shape index (κ1) is 20.9. The summed E-state index contributed by atoms with van der Waals surface area (Å²) in [6, 6.07) is 9.41. The van der Waals surface area contributed by atoms with E-state index in [4.69, 9.17) is 9.47 Å². The number of aromatic nitrogens is 1. The van der Waals surface area contributed by atoms with E-state index in [1.807, 2.05) is 22.3 Å². The number of fused-ring (bicyclic) bond motifs is 5. The molecule has 2 amide bonds. The molecule has 0 radical (unpaired) electrons. The Morgan fingerprint density at radius 3 is 2.72 bits per heavy atom. The number of likely N-dealkylation sites (N-methyl/N-ethyl adjacent to an activating group) is 1. The average molecular weight is 453 g/mol. The largest absolute Gasteiger partial charge is 0.493 e. The van der Waals surface area contributed by atoms with Crippen molar-refractivity contribution in [2.75, 3.05) is 33.1 Å². The second-order valence-electron chi connectivity index (χ2n) is 8.38. The van der Waals surface area contributed by atoms with Crippen LogP contribution in [0.15, 0.2) is 36.5 Å². The molecule has 1 unspecified atom stereocenters. The predicted octanol–water partition coefficient (Wildman–Crippen LogP) is 4.65. The van der Waals surface area contributed by atoms with Crippen molar-refractivity contribution in [3.05, 3.63) is 58.2 Å². The van der Waals surface area contributed by atoms with Crippen LogP contribution in [0.1, 0.15) is 34.7 Å². The molecule has 4 heterocycles. The third kappa shape index (κ3) is 3.43. The SMILES string of the molecule is COc1ccc(NC(=O)N2Cc3c(sc4c3CCN(C)C4)-n3cccc3C2C)cc1OC. The van der Waals surface area contributed by atoms with E-state index in [1.54, 1.807) is 26.4 Å². The number of nitrogens with zero attached hydrogens (tertiary/aromatic N) is 3. The van der Waals surface area contributed by atoms with Crippen LogP contribution >= 0.6 is 11.3 Å². The van der Waals surface area contributed by atoms with Crippen molar-refractivity contribution >= 4 is 23.1 Å². The lowest BCUT2D eigenvalue weighted by Gasteiger charge is -2.29. The van der Waals surface area contributed by atoms with Crippen LogP contribution in [0.4, 0.5) is 10.5 Å². The van der Waals surface area contributed by atoms with Crippen LogP contribution in [0.25, 0.3) is 5.00 Å². The van der Waals surface area contributed by atoms with Crippen molar-refractivity contribution in [1.29, 1.82) is 0 Å². The van der Waals surface area contributed by atoms with Gasteiger partial charge in [-0.05, 0) is 50.2 Å². The van der Waals surface area contributed by atoms with Gasteiger partial charge in [0.1, 0.15) is 5.00 Å². The van der Waals surface area contributed by atoms with Gasteiger partial charge in [0.05, 0.1) is 26.8 Å². The first-order valence-electron chi connectivity index (χ1n) is 10.8. The number of nitrogens with one attached hydrogen (secondary N) is 1. The van der Waals surface area contributed by atoms with Gasteiger partial charge in [-0.2, -0.15) is 0 Å². The summed E-state index contributed by atoms with van der Waals surface area (Å²) in [5.74, 6) is 1.22. The van der Waals surface area contributed by atoms with Crippen LogP contribution in [0.5, 0.6) is 11.5 Å². The lowest BCUT2D eigenvalue weighted by atomic mass is 10.0. The van der Waals surface area contributed by atoms with E-state index in [9.17, 15) is 4.79 Å². The number of rotatable bonds is 3. The van der Waals surface area contributed by atoms with E-state index in [-0.39, 0.29) is 12.1 Å². The number of urea groups is 1. The van der Waals surface area contributed by atoms with Crippen LogP contribution in [0.3, 0.4) is 0 Å². The lowest BCUT2D eigenvalue weighted by molar-refractivity contribution is 0.189. The Balaban J connectivity index is 1.50. The molecule has 3 aromatic rings. The summed E-state index contributed by atoms with van der Waals surface area (Å²) in [4.78, 5) is 19.2. The van der Waals surface area contributed by atoms with Gasteiger partial charge in [0, 0.05) is 47.2 Å². The van der Waals surface area contributed by atoms with Crippen LogP contribution in [-0.2, 0) is 19.5 Å². The highest BCUT2D eigenvalue weighted by Crippen LogP contribution is 2.41. The van der Waals surface area contributed by atoms with Crippen molar-refractivity contribution < 1.29 is 14.3 Å². The summed E-state index contributed by atoms with van der Waals surface area (Å²) >= 11 is 1.86. The van der Waals surface area contributed by atoms with Crippen molar-refractivity contribution in [2.45, 2.75) is 32.5 Å². The first-order chi connectivity index (χ1) is 15.5. The Labute approximate surface area is 192 Å². The van der Waals surface area contributed by atoms with Gasteiger partial charge in [-0.1, -0.05) is 0 Å². The molecular weight excluding hydrogens is 424 g/mol. The summed E-state index contributed by atoms with van der Waals surface area (Å²) in [7, 11) is 5.36. The summed E-state index contributed by atoms with van der Waals surface area (Å²) in [6.07, 6.45) is 3.14. The molecule has 5 rings (SSSR count). The van der Waals surface area contributed by atoms with Gasteiger partial charge in [0.2, 0.25) is 0 Å². The number of ether oxygens (including phenoxy) is 2. The lowest BCUT2D eigenvalue weighted by Crippen LogP contribution is -2.36. The fraction of sp³-hybridized carbons (Fsp3) is 0.375. The number of hydrogen-bond acceptors (Lipinski definition) is 5. The zero-order valence-corrected chi connectivity index (χ0v) is 19.7. The van der Waals surface area contributed by atoms with Gasteiger partial charge in [-0.25, -0.2) is 4.79 Å². The van der Waals surface area contributed by atoms with Crippen LogP contribution in [-0.4, -0.2) is 48.2 Å². The predicted molar refractivity (Wildman–Crippen MR) is 126 cm³/mol. The van der Waals surface area contributed by atoms with Crippen molar-refractivity contribution in [1.82, 2.24) is 14.4 Å². The molecule has 2 aliphatic heterocycles. The molecule has 1 atom stereocenters. The highest BCUT2D eigenvalue weighted by Gasteiger charge is 2.33. The van der Waals surface area contributed by atoms with Gasteiger partial charge in [0.15, 0.2) is 11.5 Å². The number of hydrogen-bond donors (Lipinski definition) is 1. The normalized spacial score (nSPS) is 17.8. The number of carbonyl (C=O) groups excluding carboxylic acids is 1.